The van der Waals surface area contributed by atoms with Crippen molar-refractivity contribution in [2.24, 2.45) is 22.1 Å². The Morgan fingerprint density at radius 2 is 1.23 bits per heavy atom. The fourth-order valence-corrected chi connectivity index (χ4v) is 7.39. The molecule has 0 saturated carbocycles. The molecule has 1 unspecified atom stereocenters. The van der Waals surface area contributed by atoms with E-state index in [1.807, 2.05) is 20.8 Å². The van der Waals surface area contributed by atoms with Gasteiger partial charge in [0.1, 0.15) is 47.0 Å². The Labute approximate surface area is 433 Å². The summed E-state index contributed by atoms with van der Waals surface area (Å²) in [5, 5.41) is 17.6. The Morgan fingerprint density at radius 3 is 1.71 bits per heavy atom. The summed E-state index contributed by atoms with van der Waals surface area (Å²) < 4.78 is 28.6. The highest BCUT2D eigenvalue weighted by Crippen LogP contribution is 2.28. The fraction of sp³-hybridized carbons (Fsp3) is 0.717. The number of carbonyl (C=O) groups excluding carboxylic acids is 7. The zero-order chi connectivity index (χ0) is 56.4. The standard InChI is InChI=1S/C53H88N6O14/c1-19-35(49(69-17)70-18)57-47(73-53(14,15)16)38(28-31(2)3)59(39(60)25-27-41(63)71-51(8,9)10)48(68)43(50(5,6)7)58-46(67)37(29-33-23-21-20-22-32(33)4)56-45(66)36(24-26-40(61)62)55-44(65)34(54)30-42(64)72-52(11,12)13/h20-23,31,34-38,43,49H,19,24-30,54H2,1-18H3,(H,55,65)(H,56,66)(H,58,67)(H,61,62)/t34-,35-,36-,37-,38?,43+/m0/s1. The maximum Gasteiger partial charge on any atom is 0.308 e. The Bertz CT molecular complexity index is 2060. The van der Waals surface area contributed by atoms with Crippen molar-refractivity contribution in [2.45, 2.75) is 221 Å². The summed E-state index contributed by atoms with van der Waals surface area (Å²) in [7, 11) is 2.92. The summed E-state index contributed by atoms with van der Waals surface area (Å²) in [6, 6.07) is -0.831. The van der Waals surface area contributed by atoms with E-state index < -0.39 is 144 Å². The molecule has 0 aliphatic carbocycles. The summed E-state index contributed by atoms with van der Waals surface area (Å²) in [6.45, 7) is 27.8. The minimum absolute atomic E-state index is 0.00931. The molecular weight excluding hydrogens is 945 g/mol. The Hall–Kier alpha value is -5.47. The van der Waals surface area contributed by atoms with Crippen LogP contribution in [-0.4, -0.2) is 137 Å². The van der Waals surface area contributed by atoms with Crippen LogP contribution in [0.3, 0.4) is 0 Å². The minimum atomic E-state index is -1.56. The molecule has 6 atom stereocenters. The number of methoxy groups -OCH3 is 2. The van der Waals surface area contributed by atoms with Gasteiger partial charge in [0.25, 0.3) is 5.91 Å². The zero-order valence-corrected chi connectivity index (χ0v) is 46.8. The summed E-state index contributed by atoms with van der Waals surface area (Å²) in [5.74, 6) is -7.36. The van der Waals surface area contributed by atoms with Gasteiger partial charge in [0.2, 0.25) is 29.5 Å². The highest BCUT2D eigenvalue weighted by atomic mass is 16.7. The number of hydrogen-bond donors (Lipinski definition) is 5. The van der Waals surface area contributed by atoms with Crippen LogP contribution in [-0.2, 0) is 68.5 Å². The van der Waals surface area contributed by atoms with Gasteiger partial charge in [0, 0.05) is 33.5 Å². The third-order valence-electron chi connectivity index (χ3n) is 10.8. The van der Waals surface area contributed by atoms with Crippen LogP contribution in [0, 0.1) is 18.3 Å². The van der Waals surface area contributed by atoms with E-state index in [4.69, 9.17) is 34.4 Å². The van der Waals surface area contributed by atoms with Crippen LogP contribution in [0.15, 0.2) is 29.3 Å². The summed E-state index contributed by atoms with van der Waals surface area (Å²) in [4.78, 5) is 117. The number of carboxylic acid groups (broad SMARTS) is 1. The Morgan fingerprint density at radius 1 is 0.712 bits per heavy atom. The van der Waals surface area contributed by atoms with Crippen molar-refractivity contribution < 1.29 is 67.1 Å². The van der Waals surface area contributed by atoms with Crippen molar-refractivity contribution >= 4 is 53.3 Å². The number of aryl methyl sites for hydroxylation is 1. The second-order valence-corrected chi connectivity index (χ2v) is 22.7. The van der Waals surface area contributed by atoms with Crippen LogP contribution >= 0.6 is 0 Å². The molecule has 1 aromatic carbocycles. The van der Waals surface area contributed by atoms with E-state index in [1.165, 1.54) is 14.2 Å². The number of rotatable bonds is 26. The molecule has 0 aliphatic heterocycles. The van der Waals surface area contributed by atoms with Crippen molar-refractivity contribution in [3.05, 3.63) is 35.4 Å². The molecule has 0 heterocycles. The van der Waals surface area contributed by atoms with Gasteiger partial charge in [-0.1, -0.05) is 65.8 Å². The maximum absolute atomic E-state index is 15.7. The minimum Gasteiger partial charge on any atom is -0.481 e. The van der Waals surface area contributed by atoms with Gasteiger partial charge in [-0.05, 0) is 111 Å². The first-order valence-electron chi connectivity index (χ1n) is 25.0. The van der Waals surface area contributed by atoms with Gasteiger partial charge < -0.3 is 50.5 Å². The third-order valence-corrected chi connectivity index (χ3v) is 10.8. The van der Waals surface area contributed by atoms with Crippen LogP contribution in [0.2, 0.25) is 0 Å². The van der Waals surface area contributed by atoms with Gasteiger partial charge in [-0.2, -0.15) is 0 Å². The number of hydrogen-bond acceptors (Lipinski definition) is 15. The van der Waals surface area contributed by atoms with Gasteiger partial charge in [0.05, 0.1) is 18.9 Å². The van der Waals surface area contributed by atoms with E-state index >= 15 is 4.79 Å². The van der Waals surface area contributed by atoms with Crippen molar-refractivity contribution in [2.75, 3.05) is 14.2 Å². The van der Waals surface area contributed by atoms with Crippen LogP contribution in [0.5, 0.6) is 0 Å². The lowest BCUT2D eigenvalue weighted by Crippen LogP contribution is -2.63. The molecule has 1 rings (SSSR count). The number of aliphatic carboxylic acids is 1. The van der Waals surface area contributed by atoms with Crippen LogP contribution in [0.1, 0.15) is 160 Å². The number of nitrogens with one attached hydrogen (secondary N) is 3. The summed E-state index contributed by atoms with van der Waals surface area (Å²) in [5.41, 5.74) is 3.62. The predicted molar refractivity (Wildman–Crippen MR) is 276 cm³/mol. The number of carboxylic acids is 1. The molecule has 73 heavy (non-hydrogen) atoms. The highest BCUT2D eigenvalue weighted by molar-refractivity contribution is 6.05. The largest absolute Gasteiger partial charge is 0.481 e. The second kappa shape index (κ2) is 28.8. The van der Waals surface area contributed by atoms with Crippen LogP contribution < -0.4 is 21.7 Å². The topological polar surface area (TPSA) is 281 Å². The molecule has 6 N–H and O–H groups in total. The number of ether oxygens (including phenoxy) is 5. The van der Waals surface area contributed by atoms with Crippen LogP contribution in [0.25, 0.3) is 0 Å². The molecule has 0 bridgehead atoms. The molecule has 414 valence electrons. The highest BCUT2D eigenvalue weighted by Gasteiger charge is 2.45. The van der Waals surface area contributed by atoms with E-state index in [9.17, 15) is 38.7 Å². The quantitative estimate of drug-likeness (QED) is 0.0333. The fourth-order valence-electron chi connectivity index (χ4n) is 7.39. The average Bonchev–Trinajstić information content (AvgIpc) is 3.23. The van der Waals surface area contributed by atoms with Crippen LogP contribution in [0.4, 0.5) is 0 Å². The first kappa shape index (κ1) is 65.5. The number of esters is 2. The summed E-state index contributed by atoms with van der Waals surface area (Å²) >= 11 is 0. The number of imide groups is 1. The molecule has 0 saturated heterocycles. The monoisotopic (exact) mass is 1030 g/mol. The molecule has 5 amide bonds. The van der Waals surface area contributed by atoms with E-state index in [0.717, 1.165) is 10.5 Å². The predicted octanol–water partition coefficient (Wildman–Crippen LogP) is 5.46. The maximum atomic E-state index is 15.7. The molecule has 0 fully saturated rings. The number of nitrogens with two attached hydrogens (primary N) is 1. The smallest absolute Gasteiger partial charge is 0.308 e. The van der Waals surface area contributed by atoms with Gasteiger partial charge in [-0.3, -0.25) is 43.3 Å². The van der Waals surface area contributed by atoms with Crippen molar-refractivity contribution in [3.8, 4) is 0 Å². The first-order valence-corrected chi connectivity index (χ1v) is 25.0. The number of amides is 5. The lowest BCUT2D eigenvalue weighted by Gasteiger charge is -2.40. The van der Waals surface area contributed by atoms with E-state index in [-0.39, 0.29) is 24.7 Å². The molecule has 20 nitrogen and oxygen atoms in total. The molecular formula is C53H88N6O14. The molecule has 0 aromatic heterocycles. The molecule has 0 radical (unpaired) electrons. The van der Waals surface area contributed by atoms with E-state index in [2.05, 4.69) is 16.0 Å². The summed E-state index contributed by atoms with van der Waals surface area (Å²) in [6.07, 6.45) is -2.89. The number of benzene rings is 1. The van der Waals surface area contributed by atoms with Crippen molar-refractivity contribution in [1.29, 1.82) is 0 Å². The van der Waals surface area contributed by atoms with Gasteiger partial charge in [-0.25, -0.2) is 4.99 Å². The Kier molecular flexibility index (Phi) is 25.9. The van der Waals surface area contributed by atoms with Gasteiger partial charge in [0.15, 0.2) is 6.29 Å². The number of aliphatic imine (C=N–C) groups is 1. The lowest BCUT2D eigenvalue weighted by molar-refractivity contribution is -0.158. The third kappa shape index (κ3) is 24.4. The molecule has 20 heteroatoms. The molecule has 0 aliphatic rings. The SMILES string of the molecule is CC[C@H](N=C(OC(C)(C)C)C(CC(C)C)N(C(=O)CCC(=O)OC(C)(C)C)C(=O)[C@@H](NC(=O)[C@H](Cc1ccccc1C)NC(=O)[C@H](CCC(=O)O)NC(=O)[C@@H](N)CC(=O)OC(C)(C)C)C(C)(C)C)C(OC)OC. The van der Waals surface area contributed by atoms with Crippen molar-refractivity contribution in [3.63, 3.8) is 0 Å². The number of nitrogens with zero attached hydrogens (tertiary/aromatic N) is 2. The van der Waals surface area contributed by atoms with Crippen molar-refractivity contribution in [1.82, 2.24) is 20.9 Å². The van der Waals surface area contributed by atoms with Gasteiger partial charge in [-0.15, -0.1) is 0 Å². The zero-order valence-electron chi connectivity index (χ0n) is 46.8. The second-order valence-electron chi connectivity index (χ2n) is 22.7. The van der Waals surface area contributed by atoms with Gasteiger partial charge >= 0.3 is 17.9 Å². The Balaban J connectivity index is 4.14. The van der Waals surface area contributed by atoms with E-state index in [1.54, 1.807) is 114 Å². The number of carbonyl (C=O) groups is 8. The van der Waals surface area contributed by atoms with E-state index in [0.29, 0.717) is 12.0 Å². The normalized spacial score (nSPS) is 15.0. The first-order chi connectivity index (χ1) is 33.4. The molecule has 0 spiro atoms. The lowest BCUT2D eigenvalue weighted by atomic mass is 9.84. The molecule has 1 aromatic rings. The average molecular weight is 1030 g/mol.